The van der Waals surface area contributed by atoms with Crippen LogP contribution in [0.4, 0.5) is 0 Å². The highest BCUT2D eigenvalue weighted by molar-refractivity contribution is 5.92. The maximum Gasteiger partial charge on any atom is 0.272 e. The summed E-state index contributed by atoms with van der Waals surface area (Å²) < 4.78 is 10.7. The molecule has 1 atom stereocenters. The van der Waals surface area contributed by atoms with Crippen molar-refractivity contribution in [2.45, 2.75) is 32.9 Å². The third kappa shape index (κ3) is 4.23. The van der Waals surface area contributed by atoms with Crippen molar-refractivity contribution >= 4 is 5.91 Å². The molecule has 0 unspecified atom stereocenters. The fourth-order valence-corrected chi connectivity index (χ4v) is 2.25. The molecule has 130 valence electrons. The van der Waals surface area contributed by atoms with Gasteiger partial charge in [0, 0.05) is 0 Å². The first-order chi connectivity index (χ1) is 12.2. The van der Waals surface area contributed by atoms with E-state index in [4.69, 9.17) is 9.26 Å². The highest BCUT2D eigenvalue weighted by Crippen LogP contribution is 2.15. The van der Waals surface area contributed by atoms with Crippen LogP contribution in [0.2, 0.25) is 0 Å². The number of benzene rings is 1. The lowest BCUT2D eigenvalue weighted by Gasteiger charge is -2.11. The molecule has 2 heterocycles. The minimum atomic E-state index is -0.352. The average Bonchev–Trinajstić information content (AvgIpc) is 3.28. The van der Waals surface area contributed by atoms with Crippen LogP contribution in [0.1, 0.15) is 47.3 Å². The molecule has 0 spiro atoms. The van der Waals surface area contributed by atoms with Crippen LogP contribution in [0.5, 0.6) is 5.75 Å². The Morgan fingerprint density at radius 3 is 2.84 bits per heavy atom. The molecule has 2 aromatic heterocycles. The molecular formula is C17H19N5O3. The number of carbonyl (C=O) groups is 1. The Balaban J connectivity index is 1.60. The van der Waals surface area contributed by atoms with E-state index in [0.29, 0.717) is 30.4 Å². The molecule has 0 saturated carbocycles. The van der Waals surface area contributed by atoms with E-state index in [1.807, 2.05) is 37.3 Å². The maximum atomic E-state index is 12.4. The van der Waals surface area contributed by atoms with E-state index in [2.05, 4.69) is 25.7 Å². The second-order valence-corrected chi connectivity index (χ2v) is 5.49. The van der Waals surface area contributed by atoms with Crippen molar-refractivity contribution in [3.8, 4) is 5.75 Å². The van der Waals surface area contributed by atoms with Gasteiger partial charge >= 0.3 is 0 Å². The number of ether oxygens (including phenoxy) is 1. The van der Waals surface area contributed by atoms with Crippen LogP contribution in [0, 0.1) is 6.92 Å². The highest BCUT2D eigenvalue weighted by Gasteiger charge is 2.21. The fraction of sp³-hybridized carbons (Fsp3) is 0.294. The molecule has 1 aromatic carbocycles. The molecule has 1 amide bonds. The topological polar surface area (TPSA) is 106 Å². The fourth-order valence-electron chi connectivity index (χ4n) is 2.25. The highest BCUT2D eigenvalue weighted by atomic mass is 16.5. The van der Waals surface area contributed by atoms with Gasteiger partial charge in [-0.05, 0) is 31.5 Å². The first-order valence-electron chi connectivity index (χ1n) is 7.99. The Labute approximate surface area is 144 Å². The summed E-state index contributed by atoms with van der Waals surface area (Å²) >= 11 is 0. The molecule has 25 heavy (non-hydrogen) atoms. The number of nitrogens with zero attached hydrogens (tertiary/aromatic N) is 3. The van der Waals surface area contributed by atoms with Crippen molar-refractivity contribution in [1.29, 1.82) is 0 Å². The third-order valence-corrected chi connectivity index (χ3v) is 3.56. The van der Waals surface area contributed by atoms with Gasteiger partial charge in [0.15, 0.2) is 5.82 Å². The molecule has 3 rings (SSSR count). The van der Waals surface area contributed by atoms with E-state index in [9.17, 15) is 4.79 Å². The van der Waals surface area contributed by atoms with Gasteiger partial charge in [-0.25, -0.2) is 0 Å². The second kappa shape index (κ2) is 7.61. The summed E-state index contributed by atoms with van der Waals surface area (Å²) in [6.07, 6.45) is 0.627. The van der Waals surface area contributed by atoms with Crippen molar-refractivity contribution in [2.75, 3.05) is 0 Å². The minimum Gasteiger partial charge on any atom is -0.487 e. The number of nitrogens with one attached hydrogen (secondary N) is 2. The Hall–Kier alpha value is -3.16. The van der Waals surface area contributed by atoms with E-state index in [0.717, 1.165) is 5.75 Å². The Kier molecular flexibility index (Phi) is 5.08. The van der Waals surface area contributed by atoms with Crippen LogP contribution in [-0.4, -0.2) is 26.2 Å². The number of para-hydroxylation sites is 1. The standard InChI is InChI=1S/C17H19N5O3/c1-3-14(17-18-11(2)22-25-17)19-16(23)15-9-12(20-21-15)10-24-13-7-5-4-6-8-13/h4-9,14H,3,10H2,1-2H3,(H,19,23)(H,20,21)/t14-/m0/s1. The second-order valence-electron chi connectivity index (χ2n) is 5.49. The number of hydrogen-bond donors (Lipinski definition) is 2. The van der Waals surface area contributed by atoms with Crippen molar-refractivity contribution in [3.63, 3.8) is 0 Å². The Morgan fingerprint density at radius 1 is 1.36 bits per heavy atom. The zero-order valence-corrected chi connectivity index (χ0v) is 14.0. The zero-order valence-electron chi connectivity index (χ0n) is 14.0. The van der Waals surface area contributed by atoms with E-state index >= 15 is 0 Å². The molecule has 8 heteroatoms. The summed E-state index contributed by atoms with van der Waals surface area (Å²) in [5.41, 5.74) is 0.983. The van der Waals surface area contributed by atoms with Crippen LogP contribution >= 0.6 is 0 Å². The number of rotatable bonds is 7. The molecule has 0 radical (unpaired) electrons. The molecule has 0 aliphatic carbocycles. The summed E-state index contributed by atoms with van der Waals surface area (Å²) in [4.78, 5) is 16.5. The van der Waals surface area contributed by atoms with E-state index < -0.39 is 0 Å². The normalized spacial score (nSPS) is 11.9. The Bertz CT molecular complexity index is 828. The number of hydrogen-bond acceptors (Lipinski definition) is 6. The third-order valence-electron chi connectivity index (χ3n) is 3.56. The molecule has 2 N–H and O–H groups in total. The predicted molar refractivity (Wildman–Crippen MR) is 88.9 cm³/mol. The summed E-state index contributed by atoms with van der Waals surface area (Å²) in [5, 5.41) is 13.4. The van der Waals surface area contributed by atoms with Gasteiger partial charge in [-0.15, -0.1) is 0 Å². The lowest BCUT2D eigenvalue weighted by Crippen LogP contribution is -2.28. The summed E-state index contributed by atoms with van der Waals surface area (Å²) in [5.74, 6) is 1.35. The number of carbonyl (C=O) groups excluding carboxylic acids is 1. The van der Waals surface area contributed by atoms with Crippen molar-refractivity contribution in [2.24, 2.45) is 0 Å². The van der Waals surface area contributed by atoms with Crippen LogP contribution in [-0.2, 0) is 6.61 Å². The molecular weight excluding hydrogens is 322 g/mol. The van der Waals surface area contributed by atoms with Crippen LogP contribution in [0.15, 0.2) is 40.9 Å². The van der Waals surface area contributed by atoms with Gasteiger partial charge in [0.1, 0.15) is 24.1 Å². The lowest BCUT2D eigenvalue weighted by molar-refractivity contribution is 0.0922. The van der Waals surface area contributed by atoms with Crippen LogP contribution in [0.3, 0.4) is 0 Å². The van der Waals surface area contributed by atoms with E-state index in [1.54, 1.807) is 13.0 Å². The van der Waals surface area contributed by atoms with Crippen molar-refractivity contribution in [3.05, 3.63) is 59.5 Å². The minimum absolute atomic E-state index is 0.279. The molecule has 0 bridgehead atoms. The van der Waals surface area contributed by atoms with E-state index in [1.165, 1.54) is 0 Å². The molecule has 8 nitrogen and oxygen atoms in total. The first-order valence-corrected chi connectivity index (χ1v) is 7.99. The zero-order chi connectivity index (χ0) is 17.6. The molecule has 0 aliphatic rings. The van der Waals surface area contributed by atoms with Crippen molar-refractivity contribution in [1.82, 2.24) is 25.7 Å². The van der Waals surface area contributed by atoms with Gasteiger partial charge in [-0.1, -0.05) is 30.3 Å². The number of aromatic amines is 1. The number of H-pyrrole nitrogens is 1. The van der Waals surface area contributed by atoms with Gasteiger partial charge < -0.3 is 14.6 Å². The predicted octanol–water partition coefficient (Wildman–Crippen LogP) is 2.56. The number of aryl methyl sites for hydroxylation is 1. The quantitative estimate of drug-likeness (QED) is 0.684. The molecule has 0 fully saturated rings. The van der Waals surface area contributed by atoms with E-state index in [-0.39, 0.29) is 17.6 Å². The Morgan fingerprint density at radius 2 is 2.16 bits per heavy atom. The first kappa shape index (κ1) is 16.7. The maximum absolute atomic E-state index is 12.4. The molecule has 0 saturated heterocycles. The largest absolute Gasteiger partial charge is 0.487 e. The summed E-state index contributed by atoms with van der Waals surface area (Å²) in [6, 6.07) is 10.7. The summed E-state index contributed by atoms with van der Waals surface area (Å²) in [7, 11) is 0. The van der Waals surface area contributed by atoms with Gasteiger partial charge in [0.05, 0.1) is 5.69 Å². The van der Waals surface area contributed by atoms with Gasteiger partial charge in [0.25, 0.3) is 5.91 Å². The lowest BCUT2D eigenvalue weighted by atomic mass is 10.2. The van der Waals surface area contributed by atoms with Crippen molar-refractivity contribution < 1.29 is 14.1 Å². The monoisotopic (exact) mass is 341 g/mol. The molecule has 3 aromatic rings. The number of aromatic nitrogens is 4. The smallest absolute Gasteiger partial charge is 0.272 e. The van der Waals surface area contributed by atoms with Gasteiger partial charge in [-0.3, -0.25) is 9.89 Å². The van der Waals surface area contributed by atoms with Gasteiger partial charge in [0.2, 0.25) is 5.89 Å². The van der Waals surface area contributed by atoms with Gasteiger partial charge in [-0.2, -0.15) is 10.1 Å². The molecule has 0 aliphatic heterocycles. The SMILES string of the molecule is CC[C@H](NC(=O)c1cc(COc2ccccc2)[nH]n1)c1nc(C)no1. The average molecular weight is 341 g/mol. The summed E-state index contributed by atoms with van der Waals surface area (Å²) in [6.45, 7) is 3.95. The van der Waals surface area contributed by atoms with Crippen LogP contribution < -0.4 is 10.1 Å². The number of amides is 1. The van der Waals surface area contributed by atoms with Crippen LogP contribution in [0.25, 0.3) is 0 Å².